The zero-order valence-corrected chi connectivity index (χ0v) is 11.3. The summed E-state index contributed by atoms with van der Waals surface area (Å²) in [7, 11) is 0. The maximum absolute atomic E-state index is 4.69. The summed E-state index contributed by atoms with van der Waals surface area (Å²) in [4.78, 5) is 4.22. The van der Waals surface area contributed by atoms with Crippen LogP contribution in [0.15, 0.2) is 30.7 Å². The third-order valence-corrected chi connectivity index (χ3v) is 3.47. The molecule has 0 atom stereocenters. The van der Waals surface area contributed by atoms with Crippen LogP contribution >= 0.6 is 0 Å². The van der Waals surface area contributed by atoms with Gasteiger partial charge in [-0.3, -0.25) is 4.98 Å². The van der Waals surface area contributed by atoms with Gasteiger partial charge in [0.2, 0.25) is 0 Å². The summed E-state index contributed by atoms with van der Waals surface area (Å²) in [6.07, 6.45) is 9.54. The van der Waals surface area contributed by atoms with Crippen molar-refractivity contribution >= 4 is 0 Å². The first-order chi connectivity index (χ1) is 9.38. The maximum atomic E-state index is 4.69. The summed E-state index contributed by atoms with van der Waals surface area (Å²) in [5.41, 5.74) is 3.55. The lowest BCUT2D eigenvalue weighted by atomic mass is 10.2. The van der Waals surface area contributed by atoms with Gasteiger partial charge in [0.1, 0.15) is 0 Å². The first-order valence-electron chi connectivity index (χ1n) is 7.08. The van der Waals surface area contributed by atoms with E-state index in [1.165, 1.54) is 24.1 Å². The second-order valence-electron chi connectivity index (χ2n) is 5.14. The molecule has 0 radical (unpaired) electrons. The highest BCUT2D eigenvalue weighted by atomic mass is 15.3. The second kappa shape index (κ2) is 5.53. The predicted octanol–water partition coefficient (Wildman–Crippen LogP) is 2.64. The van der Waals surface area contributed by atoms with E-state index in [1.807, 2.05) is 23.1 Å². The molecule has 2 aromatic rings. The maximum Gasteiger partial charge on any atom is 0.0721 e. The van der Waals surface area contributed by atoms with Crippen LogP contribution < -0.4 is 5.32 Å². The number of nitrogens with one attached hydrogen (secondary N) is 1. The summed E-state index contributed by atoms with van der Waals surface area (Å²) >= 11 is 0. The highest BCUT2D eigenvalue weighted by molar-refractivity contribution is 5.38. The molecule has 2 heterocycles. The second-order valence-corrected chi connectivity index (χ2v) is 5.14. The number of hydrogen-bond acceptors (Lipinski definition) is 3. The Bertz CT molecular complexity index is 543. The Labute approximate surface area is 113 Å². The van der Waals surface area contributed by atoms with Crippen molar-refractivity contribution in [2.75, 3.05) is 6.54 Å². The number of aromatic nitrogens is 3. The number of nitrogens with zero attached hydrogens (tertiary/aromatic N) is 3. The predicted molar refractivity (Wildman–Crippen MR) is 75.3 cm³/mol. The molecule has 3 rings (SSSR count). The SMILES string of the molecule is CCCNCc1cnccc1-n1ccc(C2CC2)n1. The van der Waals surface area contributed by atoms with Crippen molar-refractivity contribution in [1.82, 2.24) is 20.1 Å². The van der Waals surface area contributed by atoms with Crippen LogP contribution in [-0.2, 0) is 6.54 Å². The van der Waals surface area contributed by atoms with Gasteiger partial charge in [0.25, 0.3) is 0 Å². The van der Waals surface area contributed by atoms with Gasteiger partial charge in [-0.1, -0.05) is 6.92 Å². The molecule has 4 nitrogen and oxygen atoms in total. The van der Waals surface area contributed by atoms with Crippen LogP contribution in [0.4, 0.5) is 0 Å². The molecule has 0 aliphatic heterocycles. The van der Waals surface area contributed by atoms with Crippen molar-refractivity contribution in [2.45, 2.75) is 38.6 Å². The van der Waals surface area contributed by atoms with Gasteiger partial charge in [-0.2, -0.15) is 5.10 Å². The molecule has 0 bridgehead atoms. The monoisotopic (exact) mass is 256 g/mol. The molecule has 0 spiro atoms. The van der Waals surface area contributed by atoms with E-state index in [4.69, 9.17) is 5.10 Å². The van der Waals surface area contributed by atoms with E-state index < -0.39 is 0 Å². The molecule has 0 amide bonds. The molecule has 0 saturated heterocycles. The lowest BCUT2D eigenvalue weighted by molar-refractivity contribution is 0.668. The molecule has 0 unspecified atom stereocenters. The average molecular weight is 256 g/mol. The molecule has 0 aromatic carbocycles. The molecule has 1 fully saturated rings. The van der Waals surface area contributed by atoms with E-state index >= 15 is 0 Å². The first kappa shape index (κ1) is 12.4. The van der Waals surface area contributed by atoms with Crippen LogP contribution in [0.5, 0.6) is 0 Å². The lowest BCUT2D eigenvalue weighted by Crippen LogP contribution is -2.16. The largest absolute Gasteiger partial charge is 0.313 e. The lowest BCUT2D eigenvalue weighted by Gasteiger charge is -2.09. The van der Waals surface area contributed by atoms with Crippen molar-refractivity contribution in [3.63, 3.8) is 0 Å². The molecule has 1 aliphatic rings. The summed E-state index contributed by atoms with van der Waals surface area (Å²) in [5, 5.41) is 8.11. The van der Waals surface area contributed by atoms with Gasteiger partial charge >= 0.3 is 0 Å². The van der Waals surface area contributed by atoms with Crippen molar-refractivity contribution in [2.24, 2.45) is 0 Å². The van der Waals surface area contributed by atoms with Gasteiger partial charge in [0.05, 0.1) is 11.4 Å². The van der Waals surface area contributed by atoms with Crippen LogP contribution in [-0.4, -0.2) is 21.3 Å². The van der Waals surface area contributed by atoms with E-state index in [0.29, 0.717) is 5.92 Å². The molecule has 1 aliphatic carbocycles. The molecule has 2 aromatic heterocycles. The third kappa shape index (κ3) is 2.84. The minimum atomic E-state index is 0.699. The van der Waals surface area contributed by atoms with E-state index in [1.54, 1.807) is 0 Å². The van der Waals surface area contributed by atoms with E-state index in [9.17, 15) is 0 Å². The van der Waals surface area contributed by atoms with E-state index in [-0.39, 0.29) is 0 Å². The zero-order valence-electron chi connectivity index (χ0n) is 11.3. The Balaban J connectivity index is 1.81. The topological polar surface area (TPSA) is 42.7 Å². The fourth-order valence-electron chi connectivity index (χ4n) is 2.25. The van der Waals surface area contributed by atoms with Gasteiger partial charge in [0.15, 0.2) is 0 Å². The fraction of sp³-hybridized carbons (Fsp3) is 0.467. The minimum absolute atomic E-state index is 0.699. The van der Waals surface area contributed by atoms with Crippen molar-refractivity contribution in [1.29, 1.82) is 0 Å². The fourth-order valence-corrected chi connectivity index (χ4v) is 2.25. The summed E-state index contributed by atoms with van der Waals surface area (Å²) in [6, 6.07) is 4.17. The number of hydrogen-bond donors (Lipinski definition) is 1. The molecule has 1 N–H and O–H groups in total. The van der Waals surface area contributed by atoms with Crippen molar-refractivity contribution in [3.05, 3.63) is 42.0 Å². The van der Waals surface area contributed by atoms with Gasteiger partial charge in [-0.25, -0.2) is 4.68 Å². The highest BCUT2D eigenvalue weighted by Gasteiger charge is 2.26. The standard InChI is InChI=1S/C15H20N4/c1-2-7-16-10-13-11-17-8-5-15(13)19-9-6-14(18-19)12-3-4-12/h5-6,8-9,11-12,16H,2-4,7,10H2,1H3. The first-order valence-corrected chi connectivity index (χ1v) is 7.08. The van der Waals surface area contributed by atoms with Crippen LogP contribution in [0, 0.1) is 0 Å². The van der Waals surface area contributed by atoms with E-state index in [0.717, 1.165) is 25.2 Å². The smallest absolute Gasteiger partial charge is 0.0721 e. The van der Waals surface area contributed by atoms with Crippen molar-refractivity contribution < 1.29 is 0 Å². The highest BCUT2D eigenvalue weighted by Crippen LogP contribution is 2.39. The Kier molecular flexibility index (Phi) is 3.60. The molecule has 100 valence electrons. The number of rotatable bonds is 6. The summed E-state index contributed by atoms with van der Waals surface area (Å²) in [6.45, 7) is 4.04. The molecular formula is C15H20N4. The zero-order chi connectivity index (χ0) is 13.1. The minimum Gasteiger partial charge on any atom is -0.313 e. The van der Waals surface area contributed by atoms with E-state index in [2.05, 4.69) is 29.5 Å². The average Bonchev–Trinajstić information content (AvgIpc) is 3.18. The van der Waals surface area contributed by atoms with Crippen molar-refractivity contribution in [3.8, 4) is 5.69 Å². The van der Waals surface area contributed by atoms with Gasteiger partial charge in [-0.15, -0.1) is 0 Å². The third-order valence-electron chi connectivity index (χ3n) is 3.47. The number of pyridine rings is 1. The Morgan fingerprint density at radius 1 is 1.37 bits per heavy atom. The summed E-state index contributed by atoms with van der Waals surface area (Å²) < 4.78 is 1.98. The molecular weight excluding hydrogens is 236 g/mol. The Morgan fingerprint density at radius 2 is 2.26 bits per heavy atom. The summed E-state index contributed by atoms with van der Waals surface area (Å²) in [5.74, 6) is 0.699. The van der Waals surface area contributed by atoms with Crippen LogP contribution in [0.25, 0.3) is 5.69 Å². The van der Waals surface area contributed by atoms with Gasteiger partial charge < -0.3 is 5.32 Å². The molecule has 19 heavy (non-hydrogen) atoms. The Morgan fingerprint density at radius 3 is 3.05 bits per heavy atom. The molecule has 1 saturated carbocycles. The molecule has 4 heteroatoms. The van der Waals surface area contributed by atoms with Crippen LogP contribution in [0.3, 0.4) is 0 Å². The Hall–Kier alpha value is -1.68. The quantitative estimate of drug-likeness (QED) is 0.808. The van der Waals surface area contributed by atoms with Gasteiger partial charge in [-0.05, 0) is 37.9 Å². The van der Waals surface area contributed by atoms with Gasteiger partial charge in [0, 0.05) is 36.6 Å². The normalized spacial score (nSPS) is 14.8. The van der Waals surface area contributed by atoms with Crippen LogP contribution in [0.2, 0.25) is 0 Å². The van der Waals surface area contributed by atoms with Crippen LogP contribution in [0.1, 0.15) is 43.4 Å².